The lowest BCUT2D eigenvalue weighted by Gasteiger charge is -2.26. The normalized spacial score (nSPS) is 11.6. The molecule has 0 fully saturated rings. The summed E-state index contributed by atoms with van der Waals surface area (Å²) in [5.74, 6) is -1.27. The molecule has 3 aromatic carbocycles. The van der Waals surface area contributed by atoms with Crippen LogP contribution < -0.4 is 15.4 Å². The number of carbonyl (C=O) groups excluding carboxylic acids is 3. The summed E-state index contributed by atoms with van der Waals surface area (Å²) in [6, 6.07) is 16.1. The van der Waals surface area contributed by atoms with Crippen LogP contribution in [0.3, 0.4) is 0 Å². The number of ether oxygens (including phenoxy) is 2. The van der Waals surface area contributed by atoms with E-state index >= 15 is 4.39 Å². The monoisotopic (exact) mass is 632 g/mol. The van der Waals surface area contributed by atoms with Crippen molar-refractivity contribution in [1.82, 2.24) is 9.55 Å². The van der Waals surface area contributed by atoms with Gasteiger partial charge in [-0.3, -0.25) is 19.5 Å². The lowest BCUT2D eigenvalue weighted by atomic mass is 10.0. The second-order valence-corrected chi connectivity index (χ2v) is 13.0. The average Bonchev–Trinajstić information content (AvgIpc) is 3.42. The highest BCUT2D eigenvalue weighted by Gasteiger charge is 2.24. The maximum Gasteiger partial charge on any atom is 0.412 e. The first-order valence-electron chi connectivity index (χ1n) is 14.3. The van der Waals surface area contributed by atoms with E-state index in [1.807, 2.05) is 37.7 Å². The first-order valence-corrected chi connectivity index (χ1v) is 15.5. The van der Waals surface area contributed by atoms with E-state index < -0.39 is 41.2 Å². The Balaban J connectivity index is 1.69. The highest BCUT2D eigenvalue weighted by molar-refractivity contribution is 7.98. The number of amides is 2. The molecule has 1 heterocycles. The Bertz CT molecular complexity index is 1720. The molecule has 236 valence electrons. The van der Waals surface area contributed by atoms with Crippen LogP contribution in [0.25, 0.3) is 16.8 Å². The Labute approximate surface area is 266 Å². The lowest BCUT2D eigenvalue weighted by molar-refractivity contribution is -0.115. The van der Waals surface area contributed by atoms with Gasteiger partial charge in [-0.15, -0.1) is 0 Å². The van der Waals surface area contributed by atoms with Crippen LogP contribution in [-0.4, -0.2) is 44.8 Å². The molecule has 0 saturated heterocycles. The summed E-state index contributed by atoms with van der Waals surface area (Å²) in [5, 5.41) is 6.15. The molecule has 0 spiro atoms. The number of thioether (sulfide) groups is 1. The molecule has 9 nitrogen and oxygen atoms in total. The smallest absolute Gasteiger partial charge is 0.412 e. The Morgan fingerprint density at radius 2 is 1.60 bits per heavy atom. The summed E-state index contributed by atoms with van der Waals surface area (Å²) >= 11 is 1.47. The minimum Gasteiger partial charge on any atom is -0.487 e. The first-order chi connectivity index (χ1) is 21.1. The van der Waals surface area contributed by atoms with Crippen LogP contribution in [0.2, 0.25) is 0 Å². The molecule has 2 amide bonds. The maximum absolute atomic E-state index is 15.0. The number of aromatic nitrogens is 2. The zero-order valence-corrected chi connectivity index (χ0v) is 27.2. The molecule has 4 aromatic rings. The van der Waals surface area contributed by atoms with Crippen molar-refractivity contribution in [2.75, 3.05) is 16.9 Å². The van der Waals surface area contributed by atoms with Crippen molar-refractivity contribution in [3.63, 3.8) is 0 Å². The van der Waals surface area contributed by atoms with Crippen LogP contribution in [0.5, 0.6) is 5.75 Å². The number of ketones is 1. The van der Waals surface area contributed by atoms with Gasteiger partial charge < -0.3 is 14.8 Å². The van der Waals surface area contributed by atoms with E-state index in [4.69, 9.17) is 9.47 Å². The molecule has 4 rings (SSSR count). The quantitative estimate of drug-likeness (QED) is 0.109. The molecule has 0 aliphatic heterocycles. The molecule has 2 N–H and O–H groups in total. The lowest BCUT2D eigenvalue weighted by Crippen LogP contribution is -2.28. The van der Waals surface area contributed by atoms with Gasteiger partial charge in [-0.2, -0.15) is 0 Å². The molecule has 1 aromatic heterocycles. The third kappa shape index (κ3) is 8.95. The number of carbonyl (C=O) groups is 3. The number of rotatable bonds is 9. The Hall–Kier alpha value is -4.64. The summed E-state index contributed by atoms with van der Waals surface area (Å²) < 4.78 is 28.5. The van der Waals surface area contributed by atoms with E-state index in [2.05, 4.69) is 15.6 Å². The van der Waals surface area contributed by atoms with Gasteiger partial charge in [-0.25, -0.2) is 14.2 Å². The predicted octanol–water partition coefficient (Wildman–Crippen LogP) is 8.14. The molecule has 0 aliphatic rings. The van der Waals surface area contributed by atoms with Crippen LogP contribution in [0, 0.1) is 5.82 Å². The Kier molecular flexibility index (Phi) is 10.0. The van der Waals surface area contributed by atoms with Crippen molar-refractivity contribution in [2.24, 2.45) is 0 Å². The van der Waals surface area contributed by atoms with Crippen LogP contribution in [0.1, 0.15) is 58.3 Å². The fourth-order valence-corrected chi connectivity index (χ4v) is 4.94. The third-order valence-corrected chi connectivity index (χ3v) is 6.83. The van der Waals surface area contributed by atoms with Crippen molar-refractivity contribution < 1.29 is 28.2 Å². The number of imidazole rings is 1. The second-order valence-electron chi connectivity index (χ2n) is 12.2. The molecule has 0 aliphatic carbocycles. The minimum absolute atomic E-state index is 0.134. The zero-order valence-electron chi connectivity index (χ0n) is 26.4. The van der Waals surface area contributed by atoms with Gasteiger partial charge in [0.15, 0.2) is 10.9 Å². The van der Waals surface area contributed by atoms with Gasteiger partial charge in [0.05, 0.1) is 17.8 Å². The summed E-state index contributed by atoms with van der Waals surface area (Å²) in [6.45, 7) is 10.7. The van der Waals surface area contributed by atoms with Gasteiger partial charge in [0, 0.05) is 40.8 Å². The fourth-order valence-electron chi connectivity index (χ4n) is 4.41. The molecule has 11 heteroatoms. The van der Waals surface area contributed by atoms with Crippen molar-refractivity contribution in [2.45, 2.75) is 64.3 Å². The Morgan fingerprint density at radius 3 is 2.27 bits per heavy atom. The van der Waals surface area contributed by atoms with Crippen LogP contribution >= 0.6 is 11.8 Å². The fraction of sp³-hybridized carbons (Fsp3) is 0.294. The SMILES string of the molecule is CSc1nccn1-c1cccc(C(=O)CC(=O)Nc2cc(-c3ccccc3F)c(OC(C)(C)C)cc2NC(=O)OC(C)(C)C)c1. The highest BCUT2D eigenvalue weighted by atomic mass is 32.2. The zero-order chi connectivity index (χ0) is 32.9. The number of anilines is 2. The summed E-state index contributed by atoms with van der Waals surface area (Å²) in [7, 11) is 0. The molecular formula is C34H37FN4O5S. The van der Waals surface area contributed by atoms with E-state index in [-0.39, 0.29) is 22.7 Å². The van der Waals surface area contributed by atoms with Gasteiger partial charge in [-0.05, 0) is 72.1 Å². The summed E-state index contributed by atoms with van der Waals surface area (Å²) in [6.07, 6.45) is 4.12. The average molecular weight is 633 g/mol. The van der Waals surface area contributed by atoms with Gasteiger partial charge in [0.1, 0.15) is 22.8 Å². The van der Waals surface area contributed by atoms with Crippen molar-refractivity contribution in [3.05, 3.63) is 84.4 Å². The molecule has 0 bridgehead atoms. The van der Waals surface area contributed by atoms with Crippen molar-refractivity contribution >= 4 is 40.9 Å². The number of hydrogen-bond acceptors (Lipinski definition) is 7. The molecular weight excluding hydrogens is 595 g/mol. The van der Waals surface area contributed by atoms with Crippen LogP contribution in [0.15, 0.2) is 78.2 Å². The topological polar surface area (TPSA) is 112 Å². The number of Topliss-reactive ketones (excluding diaryl/α,β-unsaturated/α-hetero) is 1. The van der Waals surface area contributed by atoms with Crippen LogP contribution in [0.4, 0.5) is 20.6 Å². The van der Waals surface area contributed by atoms with E-state index in [0.717, 1.165) is 10.8 Å². The van der Waals surface area contributed by atoms with E-state index in [9.17, 15) is 14.4 Å². The number of nitrogens with zero attached hydrogens (tertiary/aromatic N) is 2. The summed E-state index contributed by atoms with van der Waals surface area (Å²) in [5.41, 5.74) is 0.463. The van der Waals surface area contributed by atoms with Gasteiger partial charge >= 0.3 is 6.09 Å². The van der Waals surface area contributed by atoms with E-state index in [1.165, 1.54) is 30.0 Å². The second kappa shape index (κ2) is 13.6. The van der Waals surface area contributed by atoms with Crippen LogP contribution in [-0.2, 0) is 9.53 Å². The van der Waals surface area contributed by atoms with Crippen molar-refractivity contribution in [3.8, 4) is 22.6 Å². The standard InChI is InChI=1S/C34H37FN4O5S/c1-33(2,3)43-29-19-27(38-32(42)44-34(4,5)6)26(18-24(29)23-13-8-9-14-25(23)35)37-30(41)20-28(40)21-11-10-12-22(17-21)39-16-15-36-31(39)45-7/h8-19H,20H2,1-7H3,(H,37,41)(H,38,42). The Morgan fingerprint density at radius 1 is 0.889 bits per heavy atom. The molecule has 45 heavy (non-hydrogen) atoms. The predicted molar refractivity (Wildman–Crippen MR) is 175 cm³/mol. The number of nitrogens with one attached hydrogen (secondary N) is 2. The highest BCUT2D eigenvalue weighted by Crippen LogP contribution is 2.40. The third-order valence-electron chi connectivity index (χ3n) is 6.17. The summed E-state index contributed by atoms with van der Waals surface area (Å²) in [4.78, 5) is 43.6. The molecule has 0 unspecified atom stereocenters. The molecule has 0 saturated carbocycles. The number of benzene rings is 3. The van der Waals surface area contributed by atoms with Crippen molar-refractivity contribution in [1.29, 1.82) is 0 Å². The molecule has 0 radical (unpaired) electrons. The number of hydrogen-bond donors (Lipinski definition) is 2. The van der Waals surface area contributed by atoms with Gasteiger partial charge in [0.2, 0.25) is 5.91 Å². The number of halogens is 1. The largest absolute Gasteiger partial charge is 0.487 e. The molecule has 0 atom stereocenters. The van der Waals surface area contributed by atoms with Gasteiger partial charge in [0.25, 0.3) is 0 Å². The maximum atomic E-state index is 15.0. The first kappa shape index (κ1) is 33.3. The minimum atomic E-state index is -0.792. The van der Waals surface area contributed by atoms with Gasteiger partial charge in [-0.1, -0.05) is 42.1 Å². The van der Waals surface area contributed by atoms with E-state index in [0.29, 0.717) is 11.1 Å². The van der Waals surface area contributed by atoms with E-state index in [1.54, 1.807) is 69.6 Å².